The normalized spacial score (nSPS) is 12.6. The van der Waals surface area contributed by atoms with Gasteiger partial charge in [0.25, 0.3) is 0 Å². The van der Waals surface area contributed by atoms with E-state index in [9.17, 15) is 0 Å². The van der Waals surface area contributed by atoms with Crippen molar-refractivity contribution in [1.29, 1.82) is 0 Å². The van der Waals surface area contributed by atoms with E-state index in [1.165, 1.54) is 10.6 Å². The van der Waals surface area contributed by atoms with Crippen molar-refractivity contribution in [1.82, 2.24) is 4.90 Å². The Labute approximate surface area is 133 Å². The lowest BCUT2D eigenvalue weighted by atomic mass is 10.2. The van der Waals surface area contributed by atoms with Crippen molar-refractivity contribution in [3.8, 4) is 0 Å². The summed E-state index contributed by atoms with van der Waals surface area (Å²) in [5.74, 6) is 0. The number of rotatable bonds is 7. The van der Waals surface area contributed by atoms with Gasteiger partial charge in [-0.15, -0.1) is 11.3 Å². The smallest absolute Gasteiger partial charge is 0.0351 e. The van der Waals surface area contributed by atoms with Crippen molar-refractivity contribution >= 4 is 33.0 Å². The molecule has 1 heterocycles. The van der Waals surface area contributed by atoms with Gasteiger partial charge >= 0.3 is 0 Å². The van der Waals surface area contributed by atoms with Gasteiger partial charge in [0, 0.05) is 34.2 Å². The van der Waals surface area contributed by atoms with Crippen LogP contribution in [0.5, 0.6) is 0 Å². The maximum atomic E-state index is 3.49. The topological polar surface area (TPSA) is 15.3 Å². The fraction of sp³-hybridized carbons (Fsp3) is 0.375. The molecule has 0 amide bonds. The summed E-state index contributed by atoms with van der Waals surface area (Å²) in [7, 11) is 2.20. The highest BCUT2D eigenvalue weighted by Gasteiger charge is 2.10. The molecule has 0 spiro atoms. The number of likely N-dealkylation sites (N-methyl/N-ethyl adjacent to an activating group) is 1. The standard InChI is InChI=1S/C16H21BrN2S/c1-13(11-16-7-4-10-20-16)19(2)9-8-18-15-6-3-5-14(17)12-15/h3-7,10,12-13,18H,8-9,11H2,1-2H3. The molecule has 1 aromatic carbocycles. The molecule has 0 aliphatic carbocycles. The van der Waals surface area contributed by atoms with Crippen LogP contribution in [0.15, 0.2) is 46.3 Å². The number of thiophene rings is 1. The van der Waals surface area contributed by atoms with Crippen molar-refractivity contribution < 1.29 is 0 Å². The van der Waals surface area contributed by atoms with E-state index >= 15 is 0 Å². The number of anilines is 1. The number of hydrogen-bond donors (Lipinski definition) is 1. The van der Waals surface area contributed by atoms with Gasteiger partial charge in [-0.1, -0.05) is 28.1 Å². The van der Waals surface area contributed by atoms with Gasteiger partial charge < -0.3 is 10.2 Å². The van der Waals surface area contributed by atoms with Crippen LogP contribution in [0.2, 0.25) is 0 Å². The van der Waals surface area contributed by atoms with Crippen LogP contribution in [0.25, 0.3) is 0 Å². The van der Waals surface area contributed by atoms with Gasteiger partial charge in [-0.2, -0.15) is 0 Å². The lowest BCUT2D eigenvalue weighted by Gasteiger charge is -2.24. The van der Waals surface area contributed by atoms with Crippen molar-refractivity contribution in [2.24, 2.45) is 0 Å². The predicted molar refractivity (Wildman–Crippen MR) is 92.7 cm³/mol. The van der Waals surface area contributed by atoms with Crippen LogP contribution >= 0.6 is 27.3 Å². The molecule has 0 saturated heterocycles. The fourth-order valence-corrected chi connectivity index (χ4v) is 3.30. The van der Waals surface area contributed by atoms with Crippen LogP contribution in [0.1, 0.15) is 11.8 Å². The molecule has 0 fully saturated rings. The molecule has 1 atom stereocenters. The Hall–Kier alpha value is -0.840. The quantitative estimate of drug-likeness (QED) is 0.789. The zero-order chi connectivity index (χ0) is 14.4. The summed E-state index contributed by atoms with van der Waals surface area (Å²) in [6.07, 6.45) is 1.13. The van der Waals surface area contributed by atoms with Gasteiger partial charge in [0.15, 0.2) is 0 Å². The van der Waals surface area contributed by atoms with Crippen LogP contribution in [-0.2, 0) is 6.42 Å². The van der Waals surface area contributed by atoms with Gasteiger partial charge in [0.2, 0.25) is 0 Å². The molecule has 1 N–H and O–H groups in total. The van der Waals surface area contributed by atoms with Gasteiger partial charge in [-0.3, -0.25) is 0 Å². The lowest BCUT2D eigenvalue weighted by Crippen LogP contribution is -2.34. The zero-order valence-electron chi connectivity index (χ0n) is 12.0. The van der Waals surface area contributed by atoms with E-state index in [4.69, 9.17) is 0 Å². The van der Waals surface area contributed by atoms with Crippen LogP contribution in [0.4, 0.5) is 5.69 Å². The fourth-order valence-electron chi connectivity index (χ4n) is 2.07. The molecule has 20 heavy (non-hydrogen) atoms. The molecule has 1 unspecified atom stereocenters. The molecular formula is C16H21BrN2S. The van der Waals surface area contributed by atoms with Gasteiger partial charge in [-0.05, 0) is 50.0 Å². The molecular weight excluding hydrogens is 332 g/mol. The number of benzene rings is 1. The van der Waals surface area contributed by atoms with E-state index in [0.29, 0.717) is 6.04 Å². The average molecular weight is 353 g/mol. The number of hydrogen-bond acceptors (Lipinski definition) is 3. The van der Waals surface area contributed by atoms with Crippen molar-refractivity contribution in [2.45, 2.75) is 19.4 Å². The van der Waals surface area contributed by atoms with Crippen molar-refractivity contribution in [3.63, 3.8) is 0 Å². The maximum absolute atomic E-state index is 3.49. The predicted octanol–water partition coefficient (Wildman–Crippen LogP) is 4.49. The summed E-state index contributed by atoms with van der Waals surface area (Å²) >= 11 is 5.33. The second kappa shape index (κ2) is 7.81. The highest BCUT2D eigenvalue weighted by atomic mass is 79.9. The molecule has 0 radical (unpaired) electrons. The van der Waals surface area contributed by atoms with Gasteiger partial charge in [0.05, 0.1) is 0 Å². The molecule has 1 aromatic heterocycles. The van der Waals surface area contributed by atoms with E-state index in [1.807, 2.05) is 17.4 Å². The summed E-state index contributed by atoms with van der Waals surface area (Å²) in [5.41, 5.74) is 1.17. The lowest BCUT2D eigenvalue weighted by molar-refractivity contribution is 0.267. The largest absolute Gasteiger partial charge is 0.384 e. The molecule has 2 rings (SSSR count). The first kappa shape index (κ1) is 15.5. The summed E-state index contributed by atoms with van der Waals surface area (Å²) in [5, 5.41) is 5.61. The molecule has 2 nitrogen and oxygen atoms in total. The van der Waals surface area contributed by atoms with Crippen LogP contribution in [-0.4, -0.2) is 31.1 Å². The van der Waals surface area contributed by atoms with E-state index in [-0.39, 0.29) is 0 Å². The second-order valence-electron chi connectivity index (χ2n) is 5.05. The van der Waals surface area contributed by atoms with Crippen molar-refractivity contribution in [2.75, 3.05) is 25.5 Å². The minimum atomic E-state index is 0.568. The summed E-state index contributed by atoms with van der Waals surface area (Å²) in [4.78, 5) is 3.87. The Morgan fingerprint density at radius 3 is 2.85 bits per heavy atom. The molecule has 0 bridgehead atoms. The van der Waals surface area contributed by atoms with E-state index < -0.39 is 0 Å². The molecule has 0 aliphatic heterocycles. The Bertz CT molecular complexity index is 513. The average Bonchev–Trinajstić information content (AvgIpc) is 2.91. The monoisotopic (exact) mass is 352 g/mol. The maximum Gasteiger partial charge on any atom is 0.0351 e. The van der Waals surface area contributed by atoms with E-state index in [2.05, 4.69) is 75.8 Å². The number of nitrogens with zero attached hydrogens (tertiary/aromatic N) is 1. The number of nitrogens with one attached hydrogen (secondary N) is 1. The van der Waals surface area contributed by atoms with Crippen LogP contribution in [0.3, 0.4) is 0 Å². The summed E-state index contributed by atoms with van der Waals surface area (Å²) in [6, 6.07) is 13.2. The van der Waals surface area contributed by atoms with E-state index in [0.717, 1.165) is 24.0 Å². The molecule has 0 aliphatic rings. The first-order chi connectivity index (χ1) is 9.65. The molecule has 0 saturated carbocycles. The molecule has 108 valence electrons. The molecule has 2 aromatic rings. The Morgan fingerprint density at radius 2 is 2.15 bits per heavy atom. The summed E-state index contributed by atoms with van der Waals surface area (Å²) < 4.78 is 1.11. The third-order valence-electron chi connectivity index (χ3n) is 3.45. The second-order valence-corrected chi connectivity index (χ2v) is 7.00. The number of halogens is 1. The third-order valence-corrected chi connectivity index (χ3v) is 4.84. The molecule has 4 heteroatoms. The Morgan fingerprint density at radius 1 is 1.30 bits per heavy atom. The SMILES string of the molecule is CC(Cc1cccs1)N(C)CCNc1cccc(Br)c1. The first-order valence-electron chi connectivity index (χ1n) is 6.87. The minimum absolute atomic E-state index is 0.568. The highest BCUT2D eigenvalue weighted by molar-refractivity contribution is 9.10. The van der Waals surface area contributed by atoms with Crippen LogP contribution in [0, 0.1) is 0 Å². The van der Waals surface area contributed by atoms with Crippen LogP contribution < -0.4 is 5.32 Å². The van der Waals surface area contributed by atoms with Gasteiger partial charge in [0.1, 0.15) is 0 Å². The van der Waals surface area contributed by atoms with Gasteiger partial charge in [-0.25, -0.2) is 0 Å². The Balaban J connectivity index is 1.73. The Kier molecular flexibility index (Phi) is 6.07. The van der Waals surface area contributed by atoms with E-state index in [1.54, 1.807) is 0 Å². The first-order valence-corrected chi connectivity index (χ1v) is 8.54. The third kappa shape index (κ3) is 4.93. The highest BCUT2D eigenvalue weighted by Crippen LogP contribution is 2.16. The minimum Gasteiger partial charge on any atom is -0.384 e. The van der Waals surface area contributed by atoms with Crippen molar-refractivity contribution in [3.05, 3.63) is 51.1 Å². The summed E-state index contributed by atoms with van der Waals surface area (Å²) in [6.45, 7) is 4.29. The zero-order valence-corrected chi connectivity index (χ0v) is 14.4.